The molecule has 0 saturated carbocycles. The highest BCUT2D eigenvalue weighted by molar-refractivity contribution is 6.02. The molecule has 1 aromatic carbocycles. The molecule has 108 valence electrons. The number of carbonyl (C=O) groups excluding carboxylic acids is 1. The number of ether oxygens (including phenoxy) is 1. The number of carboxylic acid groups (broad SMARTS) is 1. The van der Waals surface area contributed by atoms with E-state index >= 15 is 0 Å². The molecule has 1 amide bonds. The van der Waals surface area contributed by atoms with E-state index in [1.807, 2.05) is 0 Å². The maximum absolute atomic E-state index is 12.1. The van der Waals surface area contributed by atoms with E-state index in [1.54, 1.807) is 0 Å². The Hall–Kier alpha value is -2.28. The van der Waals surface area contributed by atoms with Gasteiger partial charge >= 0.3 is 5.97 Å². The van der Waals surface area contributed by atoms with E-state index in [1.165, 1.54) is 18.2 Å². The zero-order valence-corrected chi connectivity index (χ0v) is 10.6. The Morgan fingerprint density at radius 3 is 2.20 bits per heavy atom. The predicted molar refractivity (Wildman–Crippen MR) is 67.7 cm³/mol. The van der Waals surface area contributed by atoms with Crippen LogP contribution >= 0.6 is 0 Å². The number of rotatable bonds is 3. The van der Waals surface area contributed by atoms with Crippen LogP contribution in [0.1, 0.15) is 23.2 Å². The Labute approximate surface area is 114 Å². The van der Waals surface area contributed by atoms with Crippen LogP contribution in [0.5, 0.6) is 11.5 Å². The number of nitrogens with one attached hydrogen (secondary N) is 1. The Morgan fingerprint density at radius 2 is 1.70 bits per heavy atom. The summed E-state index contributed by atoms with van der Waals surface area (Å²) in [6, 6.07) is 3.86. The number of aliphatic carboxylic acids is 1. The molecule has 2 rings (SSSR count). The van der Waals surface area contributed by atoms with Gasteiger partial charge in [-0.1, -0.05) is 6.07 Å². The van der Waals surface area contributed by atoms with Gasteiger partial charge in [-0.3, -0.25) is 4.79 Å². The van der Waals surface area contributed by atoms with Crippen LogP contribution in [0.25, 0.3) is 0 Å². The van der Waals surface area contributed by atoms with Crippen molar-refractivity contribution in [1.82, 2.24) is 5.32 Å². The van der Waals surface area contributed by atoms with Gasteiger partial charge in [0.05, 0.1) is 0 Å². The van der Waals surface area contributed by atoms with E-state index in [0.29, 0.717) is 0 Å². The van der Waals surface area contributed by atoms with E-state index in [9.17, 15) is 24.9 Å². The van der Waals surface area contributed by atoms with Crippen molar-refractivity contribution in [3.63, 3.8) is 0 Å². The van der Waals surface area contributed by atoms with Crippen LogP contribution in [0.3, 0.4) is 0 Å². The van der Waals surface area contributed by atoms with Crippen molar-refractivity contribution in [3.05, 3.63) is 23.8 Å². The molecular weight excluding hydrogens is 266 g/mol. The lowest BCUT2D eigenvalue weighted by Crippen LogP contribution is -2.57. The van der Waals surface area contributed by atoms with Crippen molar-refractivity contribution in [3.8, 4) is 11.5 Å². The first kappa shape index (κ1) is 14.1. The number of benzene rings is 1. The van der Waals surface area contributed by atoms with Crippen LogP contribution in [0, 0.1) is 0 Å². The summed E-state index contributed by atoms with van der Waals surface area (Å²) in [4.78, 5) is 23.5. The zero-order chi connectivity index (χ0) is 14.8. The largest absolute Gasteiger partial charge is 0.507 e. The topological polar surface area (TPSA) is 116 Å². The highest BCUT2D eigenvalue weighted by atomic mass is 16.5. The molecule has 7 heteroatoms. The fourth-order valence-electron chi connectivity index (χ4n) is 2.15. The standard InChI is InChI=1S/C13H15NO6/c15-8-2-1-3-9(16)10(8)11(17)14-13(12(18)19)4-6-20-7-5-13/h1-3,15-16H,4-7H2,(H,14,17)(H,18,19). The Bertz CT molecular complexity index is 515. The van der Waals surface area contributed by atoms with Crippen molar-refractivity contribution < 1.29 is 29.6 Å². The van der Waals surface area contributed by atoms with Crippen LogP contribution in [0.15, 0.2) is 18.2 Å². The minimum Gasteiger partial charge on any atom is -0.507 e. The SMILES string of the molecule is O=C(NC1(C(=O)O)CCOCC1)c1c(O)cccc1O. The lowest BCUT2D eigenvalue weighted by molar-refractivity contribution is -0.148. The molecule has 0 spiro atoms. The summed E-state index contributed by atoms with van der Waals surface area (Å²) in [6.45, 7) is 0.443. The van der Waals surface area contributed by atoms with E-state index in [4.69, 9.17) is 4.74 Å². The molecule has 1 aromatic rings. The van der Waals surface area contributed by atoms with Gasteiger partial charge in [-0.2, -0.15) is 0 Å². The number of carboxylic acids is 1. The fraction of sp³-hybridized carbons (Fsp3) is 0.385. The molecule has 0 radical (unpaired) electrons. The lowest BCUT2D eigenvalue weighted by Gasteiger charge is -2.33. The summed E-state index contributed by atoms with van der Waals surface area (Å²) >= 11 is 0. The maximum atomic E-state index is 12.1. The van der Waals surface area contributed by atoms with E-state index in [0.717, 1.165) is 0 Å². The van der Waals surface area contributed by atoms with Crippen molar-refractivity contribution >= 4 is 11.9 Å². The summed E-state index contributed by atoms with van der Waals surface area (Å²) in [5, 5.41) is 31.0. The van der Waals surface area contributed by atoms with Crippen molar-refractivity contribution in [2.24, 2.45) is 0 Å². The monoisotopic (exact) mass is 281 g/mol. The van der Waals surface area contributed by atoms with Gasteiger partial charge in [0, 0.05) is 26.1 Å². The van der Waals surface area contributed by atoms with Crippen molar-refractivity contribution in [2.45, 2.75) is 18.4 Å². The van der Waals surface area contributed by atoms with Crippen LogP contribution in [0.2, 0.25) is 0 Å². The molecule has 1 fully saturated rings. The number of phenols is 2. The smallest absolute Gasteiger partial charge is 0.329 e. The third-order valence-corrected chi connectivity index (χ3v) is 3.36. The van der Waals surface area contributed by atoms with Gasteiger partial charge in [0.1, 0.15) is 22.6 Å². The zero-order valence-electron chi connectivity index (χ0n) is 10.6. The third kappa shape index (κ3) is 2.53. The molecule has 1 aliphatic heterocycles. The predicted octanol–water partition coefficient (Wildman–Crippen LogP) is 0.461. The molecule has 0 aromatic heterocycles. The van der Waals surface area contributed by atoms with Crippen LogP contribution < -0.4 is 5.32 Å². The second-order valence-corrected chi connectivity index (χ2v) is 4.63. The van der Waals surface area contributed by atoms with Gasteiger partial charge < -0.3 is 25.4 Å². The fourth-order valence-corrected chi connectivity index (χ4v) is 2.15. The first-order valence-corrected chi connectivity index (χ1v) is 6.11. The third-order valence-electron chi connectivity index (χ3n) is 3.36. The first-order valence-electron chi connectivity index (χ1n) is 6.11. The summed E-state index contributed by atoms with van der Waals surface area (Å²) in [6.07, 6.45) is 0.255. The number of phenolic OH excluding ortho intramolecular Hbond substituents is 2. The molecule has 1 aliphatic rings. The molecule has 0 bridgehead atoms. The molecule has 0 unspecified atom stereocenters. The van der Waals surface area contributed by atoms with Gasteiger partial charge in [-0.25, -0.2) is 4.79 Å². The quantitative estimate of drug-likeness (QED) is 0.639. The number of hydrogen-bond donors (Lipinski definition) is 4. The average molecular weight is 281 g/mol. The van der Waals surface area contributed by atoms with Crippen molar-refractivity contribution in [2.75, 3.05) is 13.2 Å². The van der Waals surface area contributed by atoms with Gasteiger partial charge in [0.15, 0.2) is 0 Å². The Balaban J connectivity index is 2.27. The summed E-state index contributed by atoms with van der Waals surface area (Å²) in [5.74, 6) is -2.81. The summed E-state index contributed by atoms with van der Waals surface area (Å²) in [7, 11) is 0. The lowest BCUT2D eigenvalue weighted by atomic mass is 9.89. The van der Waals surface area contributed by atoms with Gasteiger partial charge in [-0.15, -0.1) is 0 Å². The van der Waals surface area contributed by atoms with Crippen LogP contribution in [-0.2, 0) is 9.53 Å². The van der Waals surface area contributed by atoms with Gasteiger partial charge in [-0.05, 0) is 12.1 Å². The minimum absolute atomic E-state index is 0.127. The molecule has 20 heavy (non-hydrogen) atoms. The normalized spacial score (nSPS) is 17.4. The Morgan fingerprint density at radius 1 is 1.15 bits per heavy atom. The molecule has 4 N–H and O–H groups in total. The highest BCUT2D eigenvalue weighted by Crippen LogP contribution is 2.28. The average Bonchev–Trinajstić information content (AvgIpc) is 2.39. The maximum Gasteiger partial charge on any atom is 0.329 e. The van der Waals surface area contributed by atoms with E-state index in [2.05, 4.69) is 5.32 Å². The van der Waals surface area contributed by atoms with E-state index < -0.39 is 28.9 Å². The number of carbonyl (C=O) groups is 2. The highest BCUT2D eigenvalue weighted by Gasteiger charge is 2.42. The molecule has 0 atom stereocenters. The number of aromatic hydroxyl groups is 2. The molecule has 1 heterocycles. The second-order valence-electron chi connectivity index (χ2n) is 4.63. The van der Waals surface area contributed by atoms with E-state index in [-0.39, 0.29) is 31.6 Å². The number of amides is 1. The molecule has 1 saturated heterocycles. The van der Waals surface area contributed by atoms with Crippen LogP contribution in [0.4, 0.5) is 0 Å². The minimum atomic E-state index is -1.44. The number of hydrogen-bond acceptors (Lipinski definition) is 5. The molecular formula is C13H15NO6. The Kier molecular flexibility index (Phi) is 3.80. The summed E-state index contributed by atoms with van der Waals surface area (Å²) in [5.41, 5.74) is -1.77. The molecule has 0 aliphatic carbocycles. The van der Waals surface area contributed by atoms with Gasteiger partial charge in [0.2, 0.25) is 0 Å². The molecule has 7 nitrogen and oxygen atoms in total. The first-order chi connectivity index (χ1) is 9.46. The second kappa shape index (κ2) is 5.38. The summed E-state index contributed by atoms with van der Waals surface area (Å²) < 4.78 is 5.10. The van der Waals surface area contributed by atoms with Crippen molar-refractivity contribution in [1.29, 1.82) is 0 Å². The van der Waals surface area contributed by atoms with Gasteiger partial charge in [0.25, 0.3) is 5.91 Å². The van der Waals surface area contributed by atoms with Crippen LogP contribution in [-0.4, -0.2) is 45.9 Å².